The van der Waals surface area contributed by atoms with Crippen LogP contribution in [0.3, 0.4) is 0 Å². The number of halogens is 1. The van der Waals surface area contributed by atoms with Crippen LogP contribution in [0.1, 0.15) is 21.9 Å². The summed E-state index contributed by atoms with van der Waals surface area (Å²) >= 11 is 0. The third-order valence-electron chi connectivity index (χ3n) is 3.00. The van der Waals surface area contributed by atoms with E-state index in [1.165, 1.54) is 18.2 Å². The number of aryl methyl sites for hydroxylation is 2. The minimum absolute atomic E-state index is 0.0671. The van der Waals surface area contributed by atoms with E-state index in [0.29, 0.717) is 11.3 Å². The van der Waals surface area contributed by atoms with Crippen molar-refractivity contribution in [2.45, 2.75) is 13.8 Å². The van der Waals surface area contributed by atoms with E-state index in [1.54, 1.807) is 19.9 Å². The molecule has 2 aromatic heterocycles. The van der Waals surface area contributed by atoms with Crippen LogP contribution in [0.25, 0.3) is 11.5 Å². The molecule has 6 nitrogen and oxygen atoms in total. The highest BCUT2D eigenvalue weighted by Crippen LogP contribution is 2.26. The van der Waals surface area contributed by atoms with Crippen molar-refractivity contribution in [3.05, 3.63) is 53.2 Å². The highest BCUT2D eigenvalue weighted by molar-refractivity contribution is 6.03. The summed E-state index contributed by atoms with van der Waals surface area (Å²) in [6.45, 7) is 3.58. The third kappa shape index (κ3) is 2.73. The summed E-state index contributed by atoms with van der Waals surface area (Å²) in [5, 5.41) is 10.0. The molecule has 1 aromatic carbocycles. The molecule has 0 saturated heterocycles. The zero-order chi connectivity index (χ0) is 15.7. The average Bonchev–Trinajstić information content (AvgIpc) is 3.05. The first-order valence-electron chi connectivity index (χ1n) is 6.51. The zero-order valence-corrected chi connectivity index (χ0v) is 11.9. The number of carbonyl (C=O) groups is 1. The van der Waals surface area contributed by atoms with Gasteiger partial charge in [-0.05, 0) is 38.1 Å². The first-order chi connectivity index (χ1) is 10.5. The van der Waals surface area contributed by atoms with Crippen LogP contribution in [0, 0.1) is 19.7 Å². The van der Waals surface area contributed by atoms with Gasteiger partial charge in [-0.15, -0.1) is 5.10 Å². The molecule has 3 rings (SSSR count). The van der Waals surface area contributed by atoms with E-state index in [4.69, 9.17) is 8.83 Å². The minimum atomic E-state index is -0.533. The van der Waals surface area contributed by atoms with Crippen molar-refractivity contribution in [2.75, 3.05) is 5.32 Å². The number of rotatable bonds is 3. The fourth-order valence-electron chi connectivity index (χ4n) is 2.02. The first kappa shape index (κ1) is 14.0. The normalized spacial score (nSPS) is 10.7. The largest absolute Gasteiger partial charge is 0.466 e. The Morgan fingerprint density at radius 1 is 1.18 bits per heavy atom. The maximum absolute atomic E-state index is 13.1. The quantitative estimate of drug-likeness (QED) is 0.802. The molecule has 0 aliphatic rings. The zero-order valence-electron chi connectivity index (χ0n) is 11.9. The summed E-state index contributed by atoms with van der Waals surface area (Å²) in [4.78, 5) is 12.0. The molecule has 112 valence electrons. The Hall–Kier alpha value is -2.96. The predicted octanol–water partition coefficient (Wildman–Crippen LogP) is 3.34. The molecule has 0 aliphatic heterocycles. The fraction of sp³-hybridized carbons (Fsp3) is 0.133. The molecular weight excluding hydrogens is 289 g/mol. The van der Waals surface area contributed by atoms with E-state index in [0.717, 1.165) is 11.8 Å². The molecule has 1 amide bonds. The standard InChI is InChI=1S/C15H12FN3O3/c1-8-6-12(9(2)21-8)14-18-19-15(22-14)17-13(20)10-4-3-5-11(16)7-10/h3-7H,1-2H3,(H,17,19,20). The van der Waals surface area contributed by atoms with Gasteiger partial charge in [0.2, 0.25) is 0 Å². The fourth-order valence-corrected chi connectivity index (χ4v) is 2.02. The van der Waals surface area contributed by atoms with Gasteiger partial charge in [-0.3, -0.25) is 10.1 Å². The highest BCUT2D eigenvalue weighted by Gasteiger charge is 2.16. The van der Waals surface area contributed by atoms with Crippen molar-refractivity contribution >= 4 is 11.9 Å². The van der Waals surface area contributed by atoms with E-state index in [1.807, 2.05) is 0 Å². The maximum Gasteiger partial charge on any atom is 0.322 e. The van der Waals surface area contributed by atoms with E-state index < -0.39 is 11.7 Å². The number of hydrogen-bond donors (Lipinski definition) is 1. The Labute approximate surface area is 125 Å². The third-order valence-corrected chi connectivity index (χ3v) is 3.00. The lowest BCUT2D eigenvalue weighted by Crippen LogP contribution is -2.12. The van der Waals surface area contributed by atoms with Crippen molar-refractivity contribution in [1.29, 1.82) is 0 Å². The SMILES string of the molecule is Cc1cc(-c2nnc(NC(=O)c3cccc(F)c3)o2)c(C)o1. The molecule has 2 heterocycles. The Bertz CT molecular complexity index is 838. The molecular formula is C15H12FN3O3. The van der Waals surface area contributed by atoms with E-state index in [2.05, 4.69) is 15.5 Å². The Morgan fingerprint density at radius 3 is 2.68 bits per heavy atom. The van der Waals surface area contributed by atoms with Gasteiger partial charge in [0.05, 0.1) is 5.56 Å². The van der Waals surface area contributed by atoms with Crippen molar-refractivity contribution in [3.8, 4) is 11.5 Å². The number of furan rings is 1. The average molecular weight is 301 g/mol. The number of aromatic nitrogens is 2. The summed E-state index contributed by atoms with van der Waals surface area (Å²) in [7, 11) is 0. The lowest BCUT2D eigenvalue weighted by molar-refractivity contribution is 0.102. The van der Waals surface area contributed by atoms with Gasteiger partial charge in [-0.25, -0.2) is 4.39 Å². The number of nitrogens with one attached hydrogen (secondary N) is 1. The molecule has 3 aromatic rings. The van der Waals surface area contributed by atoms with Crippen LogP contribution >= 0.6 is 0 Å². The van der Waals surface area contributed by atoms with E-state index in [9.17, 15) is 9.18 Å². The summed E-state index contributed by atoms with van der Waals surface area (Å²) < 4.78 is 23.9. The topological polar surface area (TPSA) is 81.2 Å². The van der Waals surface area contributed by atoms with E-state index >= 15 is 0 Å². The minimum Gasteiger partial charge on any atom is -0.466 e. The van der Waals surface area contributed by atoms with Crippen LogP contribution in [0.15, 0.2) is 39.2 Å². The lowest BCUT2D eigenvalue weighted by Gasteiger charge is -2.00. The van der Waals surface area contributed by atoms with Crippen LogP contribution in [-0.4, -0.2) is 16.1 Å². The second-order valence-corrected chi connectivity index (χ2v) is 4.70. The molecule has 0 radical (unpaired) electrons. The van der Waals surface area contributed by atoms with Gasteiger partial charge in [0.25, 0.3) is 11.8 Å². The molecule has 22 heavy (non-hydrogen) atoms. The van der Waals surface area contributed by atoms with Gasteiger partial charge in [0.15, 0.2) is 0 Å². The summed E-state index contributed by atoms with van der Waals surface area (Å²) in [6.07, 6.45) is 0. The van der Waals surface area contributed by atoms with Crippen LogP contribution in [0.4, 0.5) is 10.4 Å². The van der Waals surface area contributed by atoms with Crippen molar-refractivity contribution < 1.29 is 18.0 Å². The van der Waals surface area contributed by atoms with Gasteiger partial charge < -0.3 is 8.83 Å². The molecule has 0 saturated carbocycles. The van der Waals surface area contributed by atoms with Crippen molar-refractivity contribution in [2.24, 2.45) is 0 Å². The lowest BCUT2D eigenvalue weighted by atomic mass is 10.2. The Kier molecular flexibility index (Phi) is 3.46. The number of anilines is 1. The molecule has 1 N–H and O–H groups in total. The molecule has 7 heteroatoms. The number of carbonyl (C=O) groups excluding carboxylic acids is 1. The van der Waals surface area contributed by atoms with Crippen LogP contribution in [0.2, 0.25) is 0 Å². The van der Waals surface area contributed by atoms with Gasteiger partial charge in [0, 0.05) is 5.56 Å². The van der Waals surface area contributed by atoms with Gasteiger partial charge in [0.1, 0.15) is 17.3 Å². The van der Waals surface area contributed by atoms with Crippen LogP contribution in [0.5, 0.6) is 0 Å². The molecule has 0 spiro atoms. The van der Waals surface area contributed by atoms with Gasteiger partial charge >= 0.3 is 6.01 Å². The monoisotopic (exact) mass is 301 g/mol. The van der Waals surface area contributed by atoms with E-state index in [-0.39, 0.29) is 17.5 Å². The van der Waals surface area contributed by atoms with Crippen LogP contribution < -0.4 is 5.32 Å². The van der Waals surface area contributed by atoms with Gasteiger partial charge in [-0.2, -0.15) is 0 Å². The smallest absolute Gasteiger partial charge is 0.322 e. The van der Waals surface area contributed by atoms with Gasteiger partial charge in [-0.1, -0.05) is 11.2 Å². The van der Waals surface area contributed by atoms with Crippen molar-refractivity contribution in [1.82, 2.24) is 10.2 Å². The second kappa shape index (κ2) is 5.44. The number of benzene rings is 1. The summed E-state index contributed by atoms with van der Waals surface area (Å²) in [5.74, 6) is 0.572. The molecule has 0 fully saturated rings. The summed E-state index contributed by atoms with van der Waals surface area (Å²) in [6, 6.07) is 7.01. The second-order valence-electron chi connectivity index (χ2n) is 4.70. The molecule has 0 bridgehead atoms. The molecule has 0 atom stereocenters. The number of nitrogens with zero attached hydrogens (tertiary/aromatic N) is 2. The van der Waals surface area contributed by atoms with Crippen LogP contribution in [-0.2, 0) is 0 Å². The predicted molar refractivity (Wildman–Crippen MR) is 75.8 cm³/mol. The van der Waals surface area contributed by atoms with Crippen molar-refractivity contribution in [3.63, 3.8) is 0 Å². The molecule has 0 aliphatic carbocycles. The Balaban J connectivity index is 1.80. The number of hydrogen-bond acceptors (Lipinski definition) is 5. The first-order valence-corrected chi connectivity index (χ1v) is 6.51. The Morgan fingerprint density at radius 2 is 2.00 bits per heavy atom. The molecule has 0 unspecified atom stereocenters. The highest BCUT2D eigenvalue weighted by atomic mass is 19.1. The maximum atomic E-state index is 13.1. The summed E-state index contributed by atoms with van der Waals surface area (Å²) in [5.41, 5.74) is 0.825. The number of amides is 1.